The molecule has 2 aromatic rings. The second-order valence-electron chi connectivity index (χ2n) is 4.29. The van der Waals surface area contributed by atoms with E-state index in [0.29, 0.717) is 23.9 Å². The molecule has 4 heteroatoms. The van der Waals surface area contributed by atoms with Crippen molar-refractivity contribution in [1.82, 2.24) is 4.90 Å². The van der Waals surface area contributed by atoms with Gasteiger partial charge in [0.2, 0.25) is 5.91 Å². The van der Waals surface area contributed by atoms with Crippen LogP contribution in [-0.2, 0) is 11.3 Å². The number of furan rings is 1. The minimum atomic E-state index is -0.0659. The lowest BCUT2D eigenvalue weighted by Crippen LogP contribution is -2.28. The Morgan fingerprint density at radius 1 is 1.30 bits per heavy atom. The molecule has 0 aliphatic rings. The van der Waals surface area contributed by atoms with Crippen LogP contribution in [0.25, 0.3) is 6.08 Å². The normalized spacial score (nSPS) is 10.9. The number of amides is 1. The molecule has 0 unspecified atom stereocenters. The standard InChI is InChI=1S/C16H16ClNO2/c1-2-18(12-13-6-3-4-8-15(13)17)16(19)10-9-14-7-5-11-20-14/h3-11H,2,12H2,1H3/b10-9+. The SMILES string of the molecule is CCN(Cc1ccccc1Cl)C(=O)/C=C/c1ccco1. The summed E-state index contributed by atoms with van der Waals surface area (Å²) in [7, 11) is 0. The summed E-state index contributed by atoms with van der Waals surface area (Å²) < 4.78 is 5.16. The first-order valence-electron chi connectivity index (χ1n) is 6.44. The highest BCUT2D eigenvalue weighted by atomic mass is 35.5. The Bertz CT molecular complexity index is 590. The second-order valence-corrected chi connectivity index (χ2v) is 4.70. The lowest BCUT2D eigenvalue weighted by atomic mass is 10.2. The molecule has 0 atom stereocenters. The molecule has 0 bridgehead atoms. The third-order valence-electron chi connectivity index (χ3n) is 2.95. The number of hydrogen-bond donors (Lipinski definition) is 0. The molecule has 0 fully saturated rings. The summed E-state index contributed by atoms with van der Waals surface area (Å²) in [4.78, 5) is 13.9. The second kappa shape index (κ2) is 6.96. The summed E-state index contributed by atoms with van der Waals surface area (Å²) in [6.45, 7) is 3.06. The lowest BCUT2D eigenvalue weighted by Gasteiger charge is -2.19. The summed E-state index contributed by atoms with van der Waals surface area (Å²) >= 11 is 6.12. The summed E-state index contributed by atoms with van der Waals surface area (Å²) in [5.41, 5.74) is 0.941. The molecule has 20 heavy (non-hydrogen) atoms. The third kappa shape index (κ3) is 3.75. The van der Waals surface area contributed by atoms with Crippen LogP contribution in [0.1, 0.15) is 18.2 Å². The molecule has 0 spiro atoms. The van der Waals surface area contributed by atoms with Crippen LogP contribution in [0.5, 0.6) is 0 Å². The molecular formula is C16H16ClNO2. The van der Waals surface area contributed by atoms with Gasteiger partial charge >= 0.3 is 0 Å². The van der Waals surface area contributed by atoms with E-state index in [-0.39, 0.29) is 5.91 Å². The number of rotatable bonds is 5. The molecule has 1 aromatic carbocycles. The van der Waals surface area contributed by atoms with Crippen molar-refractivity contribution in [2.75, 3.05) is 6.54 Å². The quantitative estimate of drug-likeness (QED) is 0.780. The maximum atomic E-state index is 12.1. The van der Waals surface area contributed by atoms with Crippen molar-refractivity contribution in [3.8, 4) is 0 Å². The van der Waals surface area contributed by atoms with Crippen LogP contribution in [0.2, 0.25) is 5.02 Å². The van der Waals surface area contributed by atoms with Crippen molar-refractivity contribution in [3.63, 3.8) is 0 Å². The van der Waals surface area contributed by atoms with Crippen molar-refractivity contribution < 1.29 is 9.21 Å². The first kappa shape index (κ1) is 14.4. The van der Waals surface area contributed by atoms with Crippen molar-refractivity contribution in [1.29, 1.82) is 0 Å². The number of carbonyl (C=O) groups is 1. The van der Waals surface area contributed by atoms with Gasteiger partial charge in [0.05, 0.1) is 6.26 Å². The maximum absolute atomic E-state index is 12.1. The smallest absolute Gasteiger partial charge is 0.246 e. The minimum absolute atomic E-state index is 0.0659. The van der Waals surface area contributed by atoms with Gasteiger partial charge in [0.25, 0.3) is 0 Å². The van der Waals surface area contributed by atoms with Gasteiger partial charge in [0, 0.05) is 24.2 Å². The Morgan fingerprint density at radius 2 is 2.10 bits per heavy atom. The zero-order valence-electron chi connectivity index (χ0n) is 11.3. The molecule has 104 valence electrons. The van der Waals surface area contributed by atoms with E-state index in [9.17, 15) is 4.79 Å². The topological polar surface area (TPSA) is 33.5 Å². The zero-order valence-corrected chi connectivity index (χ0v) is 12.0. The summed E-state index contributed by atoms with van der Waals surface area (Å²) in [6.07, 6.45) is 4.75. The van der Waals surface area contributed by atoms with Gasteiger partial charge in [-0.1, -0.05) is 29.8 Å². The number of carbonyl (C=O) groups excluding carboxylic acids is 1. The summed E-state index contributed by atoms with van der Waals surface area (Å²) in [5, 5.41) is 0.675. The van der Waals surface area contributed by atoms with Gasteiger partial charge in [-0.05, 0) is 36.8 Å². The van der Waals surface area contributed by atoms with Crippen LogP contribution in [0, 0.1) is 0 Å². The fraction of sp³-hybridized carbons (Fsp3) is 0.188. The molecule has 1 heterocycles. The van der Waals surface area contributed by atoms with E-state index < -0.39 is 0 Å². The van der Waals surface area contributed by atoms with Crippen LogP contribution < -0.4 is 0 Å². The molecule has 0 radical (unpaired) electrons. The predicted octanol–water partition coefficient (Wildman–Crippen LogP) is 3.99. The van der Waals surface area contributed by atoms with Crippen LogP contribution in [0.4, 0.5) is 0 Å². The first-order valence-corrected chi connectivity index (χ1v) is 6.82. The van der Waals surface area contributed by atoms with Crippen molar-refractivity contribution in [3.05, 3.63) is 65.1 Å². The van der Waals surface area contributed by atoms with Crippen LogP contribution in [-0.4, -0.2) is 17.4 Å². The van der Waals surface area contributed by atoms with Gasteiger partial charge in [-0.15, -0.1) is 0 Å². The molecule has 0 N–H and O–H groups in total. The molecule has 0 aliphatic heterocycles. The highest BCUT2D eigenvalue weighted by Gasteiger charge is 2.10. The summed E-state index contributed by atoms with van der Waals surface area (Å²) in [6, 6.07) is 11.1. The highest BCUT2D eigenvalue weighted by Crippen LogP contribution is 2.17. The Balaban J connectivity index is 2.04. The van der Waals surface area contributed by atoms with E-state index in [2.05, 4.69) is 0 Å². The van der Waals surface area contributed by atoms with E-state index in [0.717, 1.165) is 5.56 Å². The Kier molecular flexibility index (Phi) is 5.02. The van der Waals surface area contributed by atoms with Gasteiger partial charge < -0.3 is 9.32 Å². The van der Waals surface area contributed by atoms with Crippen LogP contribution >= 0.6 is 11.6 Å². The van der Waals surface area contributed by atoms with Crippen molar-refractivity contribution in [2.24, 2.45) is 0 Å². The third-order valence-corrected chi connectivity index (χ3v) is 3.31. The first-order chi connectivity index (χ1) is 9.70. The van der Waals surface area contributed by atoms with Crippen molar-refractivity contribution in [2.45, 2.75) is 13.5 Å². The number of likely N-dealkylation sites (N-methyl/N-ethyl adjacent to an activating group) is 1. The van der Waals surface area contributed by atoms with Gasteiger partial charge in [0.1, 0.15) is 5.76 Å². The van der Waals surface area contributed by atoms with Gasteiger partial charge in [-0.25, -0.2) is 0 Å². The predicted molar refractivity (Wildman–Crippen MR) is 80.3 cm³/mol. The highest BCUT2D eigenvalue weighted by molar-refractivity contribution is 6.31. The zero-order chi connectivity index (χ0) is 14.4. The average Bonchev–Trinajstić information content (AvgIpc) is 2.97. The fourth-order valence-corrected chi connectivity index (χ4v) is 2.02. The number of nitrogens with zero attached hydrogens (tertiary/aromatic N) is 1. The minimum Gasteiger partial charge on any atom is -0.465 e. The fourth-order valence-electron chi connectivity index (χ4n) is 1.82. The Hall–Kier alpha value is -2.00. The van der Waals surface area contributed by atoms with Crippen molar-refractivity contribution >= 4 is 23.6 Å². The largest absolute Gasteiger partial charge is 0.465 e. The van der Waals surface area contributed by atoms with E-state index in [4.69, 9.17) is 16.0 Å². The molecule has 0 saturated heterocycles. The number of halogens is 1. The Morgan fingerprint density at radius 3 is 2.75 bits per heavy atom. The molecule has 0 saturated carbocycles. The summed E-state index contributed by atoms with van der Waals surface area (Å²) in [5.74, 6) is 0.593. The van der Waals surface area contributed by atoms with Crippen LogP contribution in [0.3, 0.4) is 0 Å². The van der Waals surface area contributed by atoms with E-state index >= 15 is 0 Å². The average molecular weight is 290 g/mol. The van der Waals surface area contributed by atoms with Gasteiger partial charge in [0.15, 0.2) is 0 Å². The van der Waals surface area contributed by atoms with E-state index in [1.165, 1.54) is 6.08 Å². The molecule has 1 aromatic heterocycles. The number of hydrogen-bond acceptors (Lipinski definition) is 2. The van der Waals surface area contributed by atoms with E-state index in [1.807, 2.05) is 31.2 Å². The van der Waals surface area contributed by atoms with E-state index in [1.54, 1.807) is 29.4 Å². The maximum Gasteiger partial charge on any atom is 0.246 e. The molecule has 1 amide bonds. The molecule has 3 nitrogen and oxygen atoms in total. The van der Waals surface area contributed by atoms with Gasteiger partial charge in [-0.2, -0.15) is 0 Å². The number of benzene rings is 1. The van der Waals surface area contributed by atoms with Gasteiger partial charge in [-0.3, -0.25) is 4.79 Å². The monoisotopic (exact) mass is 289 g/mol. The molecule has 2 rings (SSSR count). The molecular weight excluding hydrogens is 274 g/mol. The Labute approximate surface area is 123 Å². The van der Waals surface area contributed by atoms with Crippen LogP contribution in [0.15, 0.2) is 53.2 Å². The lowest BCUT2D eigenvalue weighted by molar-refractivity contribution is -0.126. The molecule has 0 aliphatic carbocycles.